The van der Waals surface area contributed by atoms with Crippen LogP contribution in [-0.2, 0) is 16.6 Å². The highest BCUT2D eigenvalue weighted by Gasteiger charge is 2.76. The Labute approximate surface area is 158 Å². The number of phenolic OH excluding ortho intramolecular Hbond substituents is 1. The molecule has 5 nitrogen and oxygen atoms in total. The van der Waals surface area contributed by atoms with Crippen molar-refractivity contribution in [3.8, 4) is 11.5 Å². The lowest BCUT2D eigenvalue weighted by Crippen LogP contribution is -2.80. The van der Waals surface area contributed by atoms with E-state index in [0.717, 1.165) is 11.1 Å². The number of quaternary nitrogens is 1. The van der Waals surface area contributed by atoms with Crippen LogP contribution in [-0.4, -0.2) is 58.4 Å². The van der Waals surface area contributed by atoms with E-state index in [1.165, 1.54) is 0 Å². The van der Waals surface area contributed by atoms with Gasteiger partial charge in [-0.3, -0.25) is 4.79 Å². The van der Waals surface area contributed by atoms with E-state index in [1.54, 1.807) is 6.07 Å². The second-order valence-corrected chi connectivity index (χ2v) is 9.00. The molecule has 2 aliphatic heterocycles. The van der Waals surface area contributed by atoms with Gasteiger partial charge in [-0.25, -0.2) is 0 Å². The SMILES string of the molecule is [2H]C1([2H])C(C[N+]2(C)CC[C@]34c5c6ccc(O)c5O[C@H]3C(=O)CC[C@@]4(O)[C@H]2C6)C1([2H])[2H]. The van der Waals surface area contributed by atoms with E-state index in [-0.39, 0.29) is 24.0 Å². The fraction of sp³-hybridized carbons (Fsp3) is 0.667. The number of likely N-dealkylation sites (N-methyl/N-ethyl adjacent to an activating group) is 1. The summed E-state index contributed by atoms with van der Waals surface area (Å²) in [6, 6.07) is 3.13. The van der Waals surface area contributed by atoms with Gasteiger partial charge >= 0.3 is 0 Å². The smallest absolute Gasteiger partial charge is 0.174 e. The van der Waals surface area contributed by atoms with Gasteiger partial charge in [0.1, 0.15) is 11.6 Å². The van der Waals surface area contributed by atoms with E-state index < -0.39 is 35.8 Å². The Bertz CT molecular complexity index is 1000. The van der Waals surface area contributed by atoms with Crippen molar-refractivity contribution in [1.29, 1.82) is 0 Å². The summed E-state index contributed by atoms with van der Waals surface area (Å²) in [5, 5.41) is 22.6. The zero-order valence-corrected chi connectivity index (χ0v) is 14.8. The number of carbonyl (C=O) groups excluding carboxylic acids is 1. The van der Waals surface area contributed by atoms with Gasteiger partial charge in [-0.05, 0) is 30.8 Å². The van der Waals surface area contributed by atoms with Gasteiger partial charge in [0.25, 0.3) is 0 Å². The number of aliphatic hydroxyl groups is 1. The largest absolute Gasteiger partial charge is 0.504 e. The molecule has 1 spiro atoms. The topological polar surface area (TPSA) is 66.8 Å². The third-order valence-electron chi connectivity index (χ3n) is 7.85. The normalized spacial score (nSPS) is 51.4. The van der Waals surface area contributed by atoms with Gasteiger partial charge in [-0.1, -0.05) is 6.07 Å². The van der Waals surface area contributed by atoms with Crippen LogP contribution in [0, 0.1) is 5.92 Å². The number of carbonyl (C=O) groups is 1. The highest BCUT2D eigenvalue weighted by Crippen LogP contribution is 2.65. The van der Waals surface area contributed by atoms with Crippen molar-refractivity contribution in [3.63, 3.8) is 0 Å². The fourth-order valence-electron chi connectivity index (χ4n) is 6.62. The first-order valence-corrected chi connectivity index (χ1v) is 9.51. The highest BCUT2D eigenvalue weighted by atomic mass is 16.5. The number of aromatic hydroxyl groups is 1. The number of benzene rings is 1. The second-order valence-electron chi connectivity index (χ2n) is 9.00. The molecular weight excluding hydrogens is 330 g/mol. The molecule has 2 N–H and O–H groups in total. The summed E-state index contributed by atoms with van der Waals surface area (Å²) >= 11 is 0. The molecule has 1 aromatic carbocycles. The summed E-state index contributed by atoms with van der Waals surface area (Å²) in [5.74, 6) is -0.443. The van der Waals surface area contributed by atoms with Crippen molar-refractivity contribution in [2.75, 3.05) is 20.1 Å². The molecule has 5 aliphatic rings. The standard InChI is InChI=1S/C21H25NO4/c1-22(11-12-2-3-12)9-8-20-17-13-4-5-14(23)18(17)26-19(20)15(24)6-7-21(20,25)16(22)10-13/h4-5,12,16,19,25H,2-3,6-11H2,1H3/p+1/t16-,19+,20+,21-,22?/m1/s1/i2D2,3D2. The maximum atomic E-state index is 12.9. The van der Waals surface area contributed by atoms with Crippen LogP contribution < -0.4 is 4.74 Å². The average Bonchev–Trinajstić information content (AvgIpc) is 2.95. The first kappa shape index (κ1) is 12.0. The van der Waals surface area contributed by atoms with Crippen LogP contribution in [0.4, 0.5) is 0 Å². The highest BCUT2D eigenvalue weighted by molar-refractivity contribution is 5.90. The molecule has 0 radical (unpaired) electrons. The summed E-state index contributed by atoms with van der Waals surface area (Å²) in [6.45, 7) is 0.903. The minimum atomic E-state index is -1.86. The predicted octanol–water partition coefficient (Wildman–Crippen LogP) is 1.67. The Morgan fingerprint density at radius 3 is 2.96 bits per heavy atom. The van der Waals surface area contributed by atoms with Crippen molar-refractivity contribution < 1.29 is 29.7 Å². The fourth-order valence-corrected chi connectivity index (χ4v) is 6.62. The Morgan fingerprint density at radius 1 is 1.38 bits per heavy atom. The molecule has 0 amide bonds. The molecule has 1 saturated heterocycles. The number of ether oxygens (including phenoxy) is 1. The van der Waals surface area contributed by atoms with E-state index >= 15 is 0 Å². The molecule has 0 aromatic heterocycles. The van der Waals surface area contributed by atoms with Gasteiger partial charge in [0.05, 0.1) is 25.6 Å². The molecule has 2 heterocycles. The molecule has 26 heavy (non-hydrogen) atoms. The first-order chi connectivity index (χ1) is 13.9. The molecule has 3 fully saturated rings. The molecule has 138 valence electrons. The molecule has 1 unspecified atom stereocenters. The van der Waals surface area contributed by atoms with Crippen LogP contribution >= 0.6 is 0 Å². The van der Waals surface area contributed by atoms with Gasteiger partial charge in [-0.2, -0.15) is 0 Å². The van der Waals surface area contributed by atoms with Crippen LogP contribution in [0.5, 0.6) is 11.5 Å². The van der Waals surface area contributed by atoms with Gasteiger partial charge in [-0.15, -0.1) is 0 Å². The Balaban J connectivity index is 1.51. The molecule has 5 atom stereocenters. The van der Waals surface area contributed by atoms with Crippen molar-refractivity contribution in [2.45, 2.75) is 61.6 Å². The lowest BCUT2D eigenvalue weighted by Gasteiger charge is -2.64. The predicted molar refractivity (Wildman–Crippen MR) is 94.1 cm³/mol. The summed E-state index contributed by atoms with van der Waals surface area (Å²) in [7, 11) is 1.99. The maximum Gasteiger partial charge on any atom is 0.174 e. The number of ketones is 1. The zero-order chi connectivity index (χ0) is 21.5. The summed E-state index contributed by atoms with van der Waals surface area (Å²) < 4.78 is 38.6. The molecule has 5 heteroatoms. The molecule has 1 aromatic rings. The minimum Gasteiger partial charge on any atom is -0.504 e. The average molecular weight is 360 g/mol. The van der Waals surface area contributed by atoms with E-state index in [1.807, 2.05) is 13.1 Å². The first-order valence-electron chi connectivity index (χ1n) is 11.5. The Hall–Kier alpha value is -1.59. The van der Waals surface area contributed by atoms with E-state index in [9.17, 15) is 15.0 Å². The number of hydrogen-bond acceptors (Lipinski definition) is 4. The number of nitrogens with zero attached hydrogens (tertiary/aromatic N) is 1. The van der Waals surface area contributed by atoms with Crippen molar-refractivity contribution in [3.05, 3.63) is 23.3 Å². The van der Waals surface area contributed by atoms with E-state index in [2.05, 4.69) is 0 Å². The lowest BCUT2D eigenvalue weighted by atomic mass is 9.48. The van der Waals surface area contributed by atoms with Gasteiger partial charge < -0.3 is 19.4 Å². The van der Waals surface area contributed by atoms with Crippen LogP contribution in [0.3, 0.4) is 0 Å². The van der Waals surface area contributed by atoms with Gasteiger partial charge in [0.15, 0.2) is 23.4 Å². The molecule has 2 bridgehead atoms. The number of phenols is 1. The van der Waals surface area contributed by atoms with E-state index in [0.29, 0.717) is 42.6 Å². The number of Topliss-reactive ketones (excluding diaryl/α,β-unsaturated/α-hetero) is 1. The number of likely N-dealkylation sites (tertiary alicyclic amines) is 1. The maximum absolute atomic E-state index is 12.9. The van der Waals surface area contributed by atoms with Gasteiger partial charge in [0, 0.05) is 36.2 Å². The summed E-state index contributed by atoms with van der Waals surface area (Å²) in [4.78, 5) is 12.9. The summed E-state index contributed by atoms with van der Waals surface area (Å²) in [5.41, 5.74) is -0.379. The number of piperidine rings is 1. The quantitative estimate of drug-likeness (QED) is 0.788. The van der Waals surface area contributed by atoms with Crippen molar-refractivity contribution in [2.24, 2.45) is 5.92 Å². The third-order valence-corrected chi connectivity index (χ3v) is 7.85. The van der Waals surface area contributed by atoms with E-state index in [4.69, 9.17) is 10.2 Å². The monoisotopic (exact) mass is 360 g/mol. The minimum absolute atomic E-state index is 0.00618. The lowest BCUT2D eigenvalue weighted by molar-refractivity contribution is -0.950. The molecule has 6 rings (SSSR count). The van der Waals surface area contributed by atoms with Crippen molar-refractivity contribution in [1.82, 2.24) is 0 Å². The Kier molecular flexibility index (Phi) is 2.05. The number of rotatable bonds is 2. The second kappa shape index (κ2) is 4.45. The molecular formula is C21H26NO4+. The van der Waals surface area contributed by atoms with Crippen LogP contribution in [0.25, 0.3) is 0 Å². The Morgan fingerprint density at radius 2 is 2.19 bits per heavy atom. The number of hydrogen-bond donors (Lipinski definition) is 2. The van der Waals surface area contributed by atoms with Crippen molar-refractivity contribution >= 4 is 5.78 Å². The molecule has 3 aliphatic carbocycles. The zero-order valence-electron chi connectivity index (χ0n) is 18.8. The third kappa shape index (κ3) is 1.55. The van der Waals surface area contributed by atoms with Gasteiger partial charge in [0.2, 0.25) is 0 Å². The van der Waals surface area contributed by atoms with Crippen LogP contribution in [0.1, 0.15) is 48.6 Å². The molecule has 2 saturated carbocycles. The summed E-state index contributed by atoms with van der Waals surface area (Å²) in [6.07, 6.45) is -3.01. The van der Waals surface area contributed by atoms with Crippen LogP contribution in [0.15, 0.2) is 12.1 Å². The van der Waals surface area contributed by atoms with Crippen LogP contribution in [0.2, 0.25) is 0 Å².